The third-order valence-electron chi connectivity index (χ3n) is 5.99. The summed E-state index contributed by atoms with van der Waals surface area (Å²) >= 11 is 0. The maximum Gasteiger partial charge on any atom is 0.416 e. The molecule has 2 aliphatic rings. The van der Waals surface area contributed by atoms with Crippen LogP contribution >= 0.6 is 0 Å². The van der Waals surface area contributed by atoms with E-state index >= 15 is 0 Å². The van der Waals surface area contributed by atoms with Crippen molar-refractivity contribution >= 4 is 27.4 Å². The third-order valence-corrected chi connectivity index (χ3v) is 6.60. The Morgan fingerprint density at radius 2 is 1.76 bits per heavy atom. The monoisotopic (exact) mass is 500 g/mol. The molecule has 1 aromatic carbocycles. The fourth-order valence-electron chi connectivity index (χ4n) is 4.32. The molecule has 4 rings (SSSR count). The Labute approximate surface area is 196 Å². The molecule has 0 radical (unpaired) electrons. The van der Waals surface area contributed by atoms with Crippen molar-refractivity contribution in [1.82, 2.24) is 19.6 Å². The highest BCUT2D eigenvalue weighted by Gasteiger charge is 2.35. The van der Waals surface area contributed by atoms with E-state index in [1.165, 1.54) is 23.4 Å². The molecule has 1 amide bonds. The molecule has 2 aliphatic heterocycles. The largest absolute Gasteiger partial charge is 0.416 e. The lowest BCUT2D eigenvalue weighted by atomic mass is 10.0. The number of hydrogen-bond acceptors (Lipinski definition) is 6. The molecule has 13 heteroatoms. The van der Waals surface area contributed by atoms with E-state index in [2.05, 4.69) is 9.82 Å². The first-order chi connectivity index (χ1) is 16.0. The number of alkyl halides is 3. The van der Waals surface area contributed by atoms with Crippen LogP contribution in [0.4, 0.5) is 29.3 Å². The Bertz CT molecular complexity index is 1140. The SMILES string of the molecule is CS(=O)(=O)Nc1cnn(C(=O)N2CCN(Cc3ccc(N4CCCC4)cc3C(F)(F)F)CC2)c1. The zero-order valence-electron chi connectivity index (χ0n) is 18.8. The highest BCUT2D eigenvalue weighted by molar-refractivity contribution is 7.92. The van der Waals surface area contributed by atoms with Crippen molar-refractivity contribution < 1.29 is 26.4 Å². The number of anilines is 2. The standard InChI is InChI=1S/C21H27F3N6O3S/c1-34(32,33)26-17-13-25-30(15-17)20(31)29-10-8-27(9-11-29)14-16-4-5-18(28-6-2-3-7-28)12-19(16)21(22,23)24/h4-5,12-13,15,26H,2-3,6-11,14H2,1H3. The van der Waals surface area contributed by atoms with Crippen molar-refractivity contribution in [2.75, 3.05) is 55.1 Å². The number of carbonyl (C=O) groups excluding carboxylic acids is 1. The number of piperazine rings is 1. The molecule has 0 saturated carbocycles. The minimum atomic E-state index is -4.44. The van der Waals surface area contributed by atoms with Crippen molar-refractivity contribution in [3.05, 3.63) is 41.7 Å². The first-order valence-electron chi connectivity index (χ1n) is 11.0. The Hall–Kier alpha value is -2.80. The molecule has 0 bridgehead atoms. The maximum absolute atomic E-state index is 13.8. The summed E-state index contributed by atoms with van der Waals surface area (Å²) < 4.78 is 67.3. The van der Waals surface area contributed by atoms with E-state index in [9.17, 15) is 26.4 Å². The molecule has 9 nitrogen and oxygen atoms in total. The summed E-state index contributed by atoms with van der Waals surface area (Å²) in [6, 6.07) is 4.15. The van der Waals surface area contributed by atoms with Crippen LogP contribution in [0.3, 0.4) is 0 Å². The molecule has 3 heterocycles. The van der Waals surface area contributed by atoms with Crippen LogP contribution in [0.5, 0.6) is 0 Å². The van der Waals surface area contributed by atoms with Crippen LogP contribution in [0.25, 0.3) is 0 Å². The number of hydrogen-bond donors (Lipinski definition) is 1. The molecule has 0 spiro atoms. The highest BCUT2D eigenvalue weighted by Crippen LogP contribution is 2.36. The van der Waals surface area contributed by atoms with Crippen LogP contribution in [-0.4, -0.2) is 79.6 Å². The molecule has 2 saturated heterocycles. The summed E-state index contributed by atoms with van der Waals surface area (Å²) in [5, 5.41) is 3.90. The van der Waals surface area contributed by atoms with Crippen molar-refractivity contribution in [2.24, 2.45) is 0 Å². The third kappa shape index (κ3) is 5.81. The summed E-state index contributed by atoms with van der Waals surface area (Å²) in [6.07, 6.45) is 1.05. The van der Waals surface area contributed by atoms with Crippen LogP contribution < -0.4 is 9.62 Å². The number of halogens is 3. The molecule has 1 N–H and O–H groups in total. The van der Waals surface area contributed by atoms with Gasteiger partial charge in [-0.25, -0.2) is 13.2 Å². The highest BCUT2D eigenvalue weighted by atomic mass is 32.2. The lowest BCUT2D eigenvalue weighted by Gasteiger charge is -2.35. The molecular formula is C21H27F3N6O3S. The molecule has 186 valence electrons. The predicted octanol–water partition coefficient (Wildman–Crippen LogP) is 2.66. The summed E-state index contributed by atoms with van der Waals surface area (Å²) in [6.45, 7) is 3.14. The number of carbonyl (C=O) groups is 1. The van der Waals surface area contributed by atoms with Gasteiger partial charge in [0.05, 0.1) is 29.9 Å². The number of nitrogens with one attached hydrogen (secondary N) is 1. The maximum atomic E-state index is 13.8. The number of rotatable bonds is 5. The van der Waals surface area contributed by atoms with Gasteiger partial charge in [0.2, 0.25) is 10.0 Å². The molecule has 0 unspecified atom stereocenters. The van der Waals surface area contributed by atoms with E-state index in [0.717, 1.165) is 36.9 Å². The van der Waals surface area contributed by atoms with E-state index in [4.69, 9.17) is 0 Å². The van der Waals surface area contributed by atoms with Gasteiger partial charge in [-0.3, -0.25) is 9.62 Å². The lowest BCUT2D eigenvalue weighted by Crippen LogP contribution is -2.49. The normalized spacial score (nSPS) is 17.9. The average molecular weight is 501 g/mol. The minimum absolute atomic E-state index is 0.140. The average Bonchev–Trinajstić information content (AvgIpc) is 3.45. The Kier molecular flexibility index (Phi) is 6.76. The van der Waals surface area contributed by atoms with Crippen LogP contribution in [0.1, 0.15) is 24.0 Å². The fourth-order valence-corrected chi connectivity index (χ4v) is 4.85. The first-order valence-corrected chi connectivity index (χ1v) is 12.9. The number of amides is 1. The second-order valence-corrected chi connectivity index (χ2v) is 10.4. The number of sulfonamides is 1. The quantitative estimate of drug-likeness (QED) is 0.679. The van der Waals surface area contributed by atoms with Gasteiger partial charge in [0, 0.05) is 51.5 Å². The molecule has 2 aromatic rings. The summed E-state index contributed by atoms with van der Waals surface area (Å²) in [7, 11) is -3.49. The molecule has 1 aromatic heterocycles. The topological polar surface area (TPSA) is 90.8 Å². The van der Waals surface area contributed by atoms with Gasteiger partial charge < -0.3 is 9.80 Å². The number of aromatic nitrogens is 2. The summed E-state index contributed by atoms with van der Waals surface area (Å²) in [5.74, 6) is 0. The summed E-state index contributed by atoms with van der Waals surface area (Å²) in [4.78, 5) is 18.1. The van der Waals surface area contributed by atoms with Crippen molar-refractivity contribution in [3.8, 4) is 0 Å². The predicted molar refractivity (Wildman–Crippen MR) is 121 cm³/mol. The first kappa shape index (κ1) is 24.3. The van der Waals surface area contributed by atoms with Gasteiger partial charge in [0.15, 0.2) is 0 Å². The van der Waals surface area contributed by atoms with Gasteiger partial charge in [0.1, 0.15) is 0 Å². The van der Waals surface area contributed by atoms with Crippen molar-refractivity contribution in [2.45, 2.75) is 25.6 Å². The van der Waals surface area contributed by atoms with E-state index < -0.39 is 27.8 Å². The van der Waals surface area contributed by atoms with Crippen LogP contribution in [-0.2, 0) is 22.7 Å². The van der Waals surface area contributed by atoms with Gasteiger partial charge in [-0.05, 0) is 30.5 Å². The second kappa shape index (κ2) is 9.45. The molecular weight excluding hydrogens is 473 g/mol. The summed E-state index contributed by atoms with van der Waals surface area (Å²) in [5.41, 5.74) is 0.385. The van der Waals surface area contributed by atoms with Gasteiger partial charge in [0.25, 0.3) is 0 Å². The molecule has 34 heavy (non-hydrogen) atoms. The fraction of sp³-hybridized carbons (Fsp3) is 0.524. The second-order valence-electron chi connectivity index (χ2n) is 8.63. The van der Waals surface area contributed by atoms with Gasteiger partial charge in [-0.1, -0.05) is 6.07 Å². The van der Waals surface area contributed by atoms with Crippen molar-refractivity contribution in [1.29, 1.82) is 0 Å². The smallest absolute Gasteiger partial charge is 0.372 e. The molecule has 2 fully saturated rings. The van der Waals surface area contributed by atoms with Gasteiger partial charge in [-0.2, -0.15) is 23.0 Å². The molecule has 0 atom stereocenters. The Morgan fingerprint density at radius 3 is 2.38 bits per heavy atom. The van der Waals surface area contributed by atoms with Gasteiger partial charge >= 0.3 is 12.2 Å². The van der Waals surface area contributed by atoms with Crippen LogP contribution in [0, 0.1) is 0 Å². The zero-order valence-corrected chi connectivity index (χ0v) is 19.6. The van der Waals surface area contributed by atoms with E-state index in [1.807, 2.05) is 9.80 Å². The molecule has 0 aliphatic carbocycles. The number of benzene rings is 1. The minimum Gasteiger partial charge on any atom is -0.372 e. The zero-order chi connectivity index (χ0) is 24.5. The van der Waals surface area contributed by atoms with Crippen molar-refractivity contribution in [3.63, 3.8) is 0 Å². The number of nitrogens with zero attached hydrogens (tertiary/aromatic N) is 5. The van der Waals surface area contributed by atoms with E-state index in [0.29, 0.717) is 31.9 Å². The van der Waals surface area contributed by atoms with E-state index in [1.54, 1.807) is 12.1 Å². The van der Waals surface area contributed by atoms with E-state index in [-0.39, 0.29) is 17.8 Å². The Morgan fingerprint density at radius 1 is 1.09 bits per heavy atom. The van der Waals surface area contributed by atoms with Crippen LogP contribution in [0.15, 0.2) is 30.6 Å². The lowest BCUT2D eigenvalue weighted by molar-refractivity contribution is -0.138. The van der Waals surface area contributed by atoms with Gasteiger partial charge in [-0.15, -0.1) is 0 Å². The van der Waals surface area contributed by atoms with Crippen LogP contribution in [0.2, 0.25) is 0 Å². The Balaban J connectivity index is 1.39.